The number of piperazine rings is 1. The number of carbonyl (C=O) groups is 5. The average molecular weight is 656 g/mol. The van der Waals surface area contributed by atoms with Crippen molar-refractivity contribution in [1.29, 1.82) is 0 Å². The summed E-state index contributed by atoms with van der Waals surface area (Å²) in [5.41, 5.74) is 7.50. The minimum atomic E-state index is -1.17. The second-order valence-corrected chi connectivity index (χ2v) is 11.8. The van der Waals surface area contributed by atoms with Crippen molar-refractivity contribution in [3.63, 3.8) is 0 Å². The van der Waals surface area contributed by atoms with Crippen LogP contribution in [0.15, 0.2) is 42.6 Å². The second-order valence-electron chi connectivity index (χ2n) is 11.8. The van der Waals surface area contributed by atoms with Gasteiger partial charge in [0.15, 0.2) is 0 Å². The lowest BCUT2D eigenvalue weighted by atomic mass is 9.94. The molecular weight excluding hydrogens is 610 g/mol. The Morgan fingerprint density at radius 2 is 1.49 bits per heavy atom. The number of aromatic nitrogens is 1. The molecule has 1 aromatic heterocycles. The summed E-state index contributed by atoms with van der Waals surface area (Å²) in [6, 6.07) is 10.4. The van der Waals surface area contributed by atoms with Gasteiger partial charge in [-0.25, -0.2) is 4.79 Å². The van der Waals surface area contributed by atoms with Crippen LogP contribution in [0.5, 0.6) is 0 Å². The van der Waals surface area contributed by atoms with Crippen LogP contribution in [-0.4, -0.2) is 131 Å². The van der Waals surface area contributed by atoms with Gasteiger partial charge in [0.25, 0.3) is 5.91 Å². The molecule has 2 aromatic rings. The van der Waals surface area contributed by atoms with Crippen LogP contribution in [-0.2, 0) is 26.2 Å². The van der Waals surface area contributed by atoms with Gasteiger partial charge in [-0.2, -0.15) is 0 Å². The first-order chi connectivity index (χ1) is 22.5. The Balaban J connectivity index is 0.000000434. The smallest absolute Gasteiger partial charge is 0.321 e. The first-order valence-electron chi connectivity index (χ1n) is 15.9. The van der Waals surface area contributed by atoms with E-state index in [1.165, 1.54) is 0 Å². The molecule has 1 atom stereocenters. The topological polar surface area (TPSA) is 191 Å². The number of carboxylic acids is 2. The van der Waals surface area contributed by atoms with Crippen LogP contribution < -0.4 is 16.0 Å². The standard InChI is InChI=1S/C27H36N6O4.C5H9NO4/c1-29-10-2-3-24(29)26(35)31-13-15-33(16-14-31)27(36)28-22-4-6-23(7-5-22)30-11-8-21(9-12-30)25(34)32-17-19-37-20-18-32;6-3(5(9)10)1-2-4(7)8/h2-7,10,21H,8-9,11-20H2,1H3,(H,28,36);3H,1-2,6H2,(H,7,8)(H,9,10)/t;3-/m.0/s1. The first-order valence-corrected chi connectivity index (χ1v) is 15.9. The molecule has 3 fully saturated rings. The minimum absolute atomic E-state index is 0.00218. The van der Waals surface area contributed by atoms with Crippen molar-refractivity contribution in [3.8, 4) is 0 Å². The Hall–Kier alpha value is -4.63. The van der Waals surface area contributed by atoms with Crippen LogP contribution >= 0.6 is 0 Å². The summed E-state index contributed by atoms with van der Waals surface area (Å²) in [6.07, 6.45) is 3.34. The number of nitrogens with one attached hydrogen (secondary N) is 1. The van der Waals surface area contributed by atoms with Gasteiger partial charge in [-0.1, -0.05) is 0 Å². The molecule has 0 unspecified atom stereocenters. The zero-order valence-electron chi connectivity index (χ0n) is 26.8. The van der Waals surface area contributed by atoms with Gasteiger partial charge in [-0.15, -0.1) is 0 Å². The highest BCUT2D eigenvalue weighted by Gasteiger charge is 2.30. The Labute approximate surface area is 273 Å². The molecule has 256 valence electrons. The molecule has 15 heteroatoms. The van der Waals surface area contributed by atoms with Crippen LogP contribution in [0.4, 0.5) is 16.2 Å². The summed E-state index contributed by atoms with van der Waals surface area (Å²) >= 11 is 0. The lowest BCUT2D eigenvalue weighted by molar-refractivity contribution is -0.141. The van der Waals surface area contributed by atoms with Gasteiger partial charge in [0.2, 0.25) is 5.91 Å². The Morgan fingerprint density at radius 3 is 2.04 bits per heavy atom. The molecule has 4 amide bonds. The highest BCUT2D eigenvalue weighted by Crippen LogP contribution is 2.26. The van der Waals surface area contributed by atoms with Crippen LogP contribution in [0.1, 0.15) is 36.2 Å². The number of amides is 4. The highest BCUT2D eigenvalue weighted by atomic mass is 16.5. The van der Waals surface area contributed by atoms with Gasteiger partial charge in [0, 0.05) is 89.3 Å². The lowest BCUT2D eigenvalue weighted by Crippen LogP contribution is -2.51. The van der Waals surface area contributed by atoms with E-state index in [1.807, 2.05) is 59.1 Å². The van der Waals surface area contributed by atoms with E-state index < -0.39 is 18.0 Å². The second kappa shape index (κ2) is 16.8. The molecule has 0 spiro atoms. The van der Waals surface area contributed by atoms with E-state index in [0.717, 1.165) is 37.3 Å². The summed E-state index contributed by atoms with van der Waals surface area (Å²) in [5, 5.41) is 19.3. The van der Waals surface area contributed by atoms with E-state index in [9.17, 15) is 24.0 Å². The van der Waals surface area contributed by atoms with E-state index in [0.29, 0.717) is 58.2 Å². The molecule has 3 aliphatic rings. The third-order valence-electron chi connectivity index (χ3n) is 8.65. The SMILES string of the molecule is Cn1cccc1C(=O)N1CCN(C(=O)Nc2ccc(N3CCC(C(=O)N4CCOCC4)CC3)cc2)CC1.N[C@@H](CCC(=O)O)C(=O)O. The number of urea groups is 1. The number of morpholine rings is 1. The molecule has 4 heterocycles. The maximum Gasteiger partial charge on any atom is 0.321 e. The van der Waals surface area contributed by atoms with Crippen LogP contribution in [0.25, 0.3) is 0 Å². The van der Waals surface area contributed by atoms with Crippen molar-refractivity contribution in [2.75, 3.05) is 75.8 Å². The summed E-state index contributed by atoms with van der Waals surface area (Å²) < 4.78 is 7.18. The fourth-order valence-corrected chi connectivity index (χ4v) is 5.75. The zero-order valence-corrected chi connectivity index (χ0v) is 26.8. The van der Waals surface area contributed by atoms with Crippen molar-refractivity contribution in [2.45, 2.75) is 31.7 Å². The number of nitrogens with zero attached hydrogens (tertiary/aromatic N) is 5. The predicted octanol–water partition coefficient (Wildman–Crippen LogP) is 1.35. The normalized spacial score (nSPS) is 17.7. The van der Waals surface area contributed by atoms with Gasteiger partial charge < -0.3 is 50.2 Å². The van der Waals surface area contributed by atoms with Crippen molar-refractivity contribution in [1.82, 2.24) is 19.3 Å². The number of hydrogen-bond acceptors (Lipinski definition) is 8. The molecule has 5 N–H and O–H groups in total. The van der Waals surface area contributed by atoms with Gasteiger partial charge in [0.05, 0.1) is 13.2 Å². The maximum absolute atomic E-state index is 12.8. The summed E-state index contributed by atoms with van der Waals surface area (Å²) in [7, 11) is 1.86. The molecule has 0 aliphatic carbocycles. The van der Waals surface area contributed by atoms with E-state index in [-0.39, 0.29) is 36.6 Å². The first kappa shape index (κ1) is 35.2. The number of carboxylic acid groups (broad SMARTS) is 2. The quantitative estimate of drug-likeness (QED) is 0.323. The fraction of sp³-hybridized carbons (Fsp3) is 0.531. The molecule has 15 nitrogen and oxygen atoms in total. The number of anilines is 2. The van der Waals surface area contributed by atoms with Crippen LogP contribution in [0, 0.1) is 5.92 Å². The molecule has 3 aliphatic heterocycles. The number of ether oxygens (including phenoxy) is 1. The number of aliphatic carboxylic acids is 2. The zero-order chi connectivity index (χ0) is 33.9. The number of rotatable bonds is 8. The molecule has 5 rings (SSSR count). The van der Waals surface area contributed by atoms with E-state index in [2.05, 4.69) is 10.2 Å². The number of aryl methyl sites for hydroxylation is 1. The number of benzene rings is 1. The van der Waals surface area contributed by atoms with Crippen molar-refractivity contribution >= 4 is 41.2 Å². The largest absolute Gasteiger partial charge is 0.481 e. The predicted molar refractivity (Wildman–Crippen MR) is 173 cm³/mol. The minimum Gasteiger partial charge on any atom is -0.481 e. The van der Waals surface area contributed by atoms with Gasteiger partial charge in [0.1, 0.15) is 11.7 Å². The average Bonchev–Trinajstić information content (AvgIpc) is 3.53. The molecule has 0 bridgehead atoms. The number of hydrogen-bond donors (Lipinski definition) is 4. The van der Waals surface area contributed by atoms with Crippen molar-refractivity contribution in [2.24, 2.45) is 18.7 Å². The molecule has 47 heavy (non-hydrogen) atoms. The van der Waals surface area contributed by atoms with Crippen molar-refractivity contribution in [3.05, 3.63) is 48.3 Å². The van der Waals surface area contributed by atoms with Crippen LogP contribution in [0.2, 0.25) is 0 Å². The van der Waals surface area contributed by atoms with Crippen molar-refractivity contribution < 1.29 is 38.9 Å². The van der Waals surface area contributed by atoms with Crippen LogP contribution in [0.3, 0.4) is 0 Å². The Kier molecular flexibility index (Phi) is 12.6. The summed E-state index contributed by atoms with van der Waals surface area (Å²) in [5.74, 6) is -1.84. The summed E-state index contributed by atoms with van der Waals surface area (Å²) in [4.78, 5) is 65.9. The molecular formula is C32H45N7O8. The number of carbonyl (C=O) groups excluding carboxylic acids is 3. The van der Waals surface area contributed by atoms with E-state index in [4.69, 9.17) is 20.7 Å². The number of piperidine rings is 1. The van der Waals surface area contributed by atoms with Gasteiger partial charge in [-0.3, -0.25) is 19.2 Å². The van der Waals surface area contributed by atoms with Gasteiger partial charge >= 0.3 is 18.0 Å². The molecule has 1 aromatic carbocycles. The third kappa shape index (κ3) is 9.93. The van der Waals surface area contributed by atoms with Gasteiger partial charge in [-0.05, 0) is 55.7 Å². The van der Waals surface area contributed by atoms with E-state index in [1.54, 1.807) is 9.80 Å². The maximum atomic E-state index is 12.8. The third-order valence-corrected chi connectivity index (χ3v) is 8.65. The number of nitrogens with two attached hydrogens (primary N) is 1. The molecule has 0 radical (unpaired) electrons. The monoisotopic (exact) mass is 655 g/mol. The molecule has 0 saturated carbocycles. The Morgan fingerprint density at radius 1 is 0.872 bits per heavy atom. The van der Waals surface area contributed by atoms with E-state index >= 15 is 0 Å². The molecule has 3 saturated heterocycles. The highest BCUT2D eigenvalue weighted by molar-refractivity contribution is 5.93. The Bertz CT molecular complexity index is 1380. The fourth-order valence-electron chi connectivity index (χ4n) is 5.75. The summed E-state index contributed by atoms with van der Waals surface area (Å²) in [6.45, 7) is 6.39. The lowest BCUT2D eigenvalue weighted by Gasteiger charge is -2.36.